The molecule has 2 N–H and O–H groups in total. The molecule has 1 aliphatic heterocycles. The maximum absolute atomic E-state index is 10.2. The molecule has 1 aliphatic rings. The summed E-state index contributed by atoms with van der Waals surface area (Å²) in [6, 6.07) is 0. The van der Waals surface area contributed by atoms with E-state index in [1.54, 1.807) is 0 Å². The third-order valence-corrected chi connectivity index (χ3v) is 3.00. The van der Waals surface area contributed by atoms with Gasteiger partial charge in [-0.1, -0.05) is 0 Å². The van der Waals surface area contributed by atoms with Gasteiger partial charge in [-0.2, -0.15) is 4.37 Å². The van der Waals surface area contributed by atoms with E-state index in [0.717, 1.165) is 18.7 Å². The Balaban J connectivity index is 2.01. The minimum atomic E-state index is -2.86. The van der Waals surface area contributed by atoms with Crippen molar-refractivity contribution in [2.75, 3.05) is 44.3 Å². The second kappa shape index (κ2) is 7.35. The van der Waals surface area contributed by atoms with Crippen LogP contribution in [0.25, 0.3) is 0 Å². The Morgan fingerprint density at radius 3 is 3.05 bits per heavy atom. The predicted octanol–water partition coefficient (Wildman–Crippen LogP) is 0.502. The van der Waals surface area contributed by atoms with Gasteiger partial charge < -0.3 is 24.8 Å². The lowest BCUT2D eigenvalue weighted by Gasteiger charge is -2.27. The second-order valence-corrected chi connectivity index (χ2v) is 5.14. The van der Waals surface area contributed by atoms with Gasteiger partial charge in [-0.05, 0) is 20.6 Å². The van der Waals surface area contributed by atoms with Crippen LogP contribution in [0.15, 0.2) is 0 Å². The first-order valence-electron chi connectivity index (χ1n) is 11.2. The van der Waals surface area contributed by atoms with Crippen molar-refractivity contribution < 1.29 is 28.3 Å². The molecule has 0 bridgehead atoms. The van der Waals surface area contributed by atoms with Crippen molar-refractivity contribution >= 4 is 17.5 Å². The molecule has 1 aromatic rings. The summed E-state index contributed by atoms with van der Waals surface area (Å²) in [5.74, 6) is -0.0111. The molecule has 0 amide bonds. The smallest absolute Gasteiger partial charge is 0.270 e. The summed E-state index contributed by atoms with van der Waals surface area (Å²) in [4.78, 5) is 1.27. The lowest BCUT2D eigenvalue weighted by Crippen LogP contribution is -2.42. The highest BCUT2D eigenvalue weighted by Crippen LogP contribution is 2.26. The summed E-state index contributed by atoms with van der Waals surface area (Å²) >= 11 is 0.738. The molecule has 120 valence electrons. The summed E-state index contributed by atoms with van der Waals surface area (Å²) < 4.78 is 94.0. The highest BCUT2D eigenvalue weighted by molar-refractivity contribution is 6.99. The van der Waals surface area contributed by atoms with Gasteiger partial charge in [-0.25, -0.2) is 0 Å². The minimum Gasteiger partial charge on any atom is -0.472 e. The summed E-state index contributed by atoms with van der Waals surface area (Å²) in [6.07, 6.45) is -1.30. The largest absolute Gasteiger partial charge is 0.472 e. The molecule has 8 heteroatoms. The van der Waals surface area contributed by atoms with Crippen LogP contribution in [-0.2, 0) is 4.74 Å². The van der Waals surface area contributed by atoms with Crippen LogP contribution in [0.4, 0.5) is 5.82 Å². The summed E-state index contributed by atoms with van der Waals surface area (Å²) in [6.45, 7) is -10.7. The molecule has 1 saturated heterocycles. The van der Waals surface area contributed by atoms with Gasteiger partial charge >= 0.3 is 0 Å². The number of hydrogen-bond acceptors (Lipinski definition) is 8. The molecular formula is C13H24N4O3S. The van der Waals surface area contributed by atoms with Gasteiger partial charge in [0.15, 0.2) is 0 Å². The van der Waals surface area contributed by atoms with Crippen LogP contribution >= 0.6 is 11.7 Å². The highest BCUT2D eigenvalue weighted by atomic mass is 32.1. The summed E-state index contributed by atoms with van der Waals surface area (Å²) in [7, 11) is 0. The number of rotatable bonds is 6. The average molecular weight is 326 g/mol. The van der Waals surface area contributed by atoms with E-state index in [9.17, 15) is 5.11 Å². The first-order valence-corrected chi connectivity index (χ1v) is 6.94. The standard InChI is InChI=1S/C13H24N4O3S/c1-13(2,3)14-8-10(18)9-20-12-11(15-21-16-12)17-4-6-19-7-5-17/h10,14,18H,4-9H2,1-3H3/t10-/m0/s1/i1D3,2D3,6D2,7D2. The normalized spacial score (nSPS) is 30.9. The molecule has 1 atom stereocenters. The van der Waals surface area contributed by atoms with Crippen molar-refractivity contribution in [3.8, 4) is 5.88 Å². The van der Waals surface area contributed by atoms with E-state index >= 15 is 0 Å². The van der Waals surface area contributed by atoms with Gasteiger partial charge in [0.25, 0.3) is 5.88 Å². The van der Waals surface area contributed by atoms with Gasteiger partial charge in [-0.3, -0.25) is 0 Å². The van der Waals surface area contributed by atoms with E-state index in [0.29, 0.717) is 0 Å². The predicted molar refractivity (Wildman–Crippen MR) is 82.2 cm³/mol. The Bertz CT molecular complexity index is 727. The lowest BCUT2D eigenvalue weighted by atomic mass is 10.1. The average Bonchev–Trinajstić information content (AvgIpc) is 3.01. The van der Waals surface area contributed by atoms with Gasteiger partial charge in [0.05, 0.1) is 30.3 Å². The van der Waals surface area contributed by atoms with E-state index in [-0.39, 0.29) is 24.8 Å². The second-order valence-electron chi connectivity index (χ2n) is 4.61. The van der Waals surface area contributed by atoms with Crippen LogP contribution in [0, 0.1) is 0 Å². The fourth-order valence-electron chi connectivity index (χ4n) is 1.49. The summed E-state index contributed by atoms with van der Waals surface area (Å²) in [5.41, 5.74) is -2.25. The molecule has 1 fully saturated rings. The number of ether oxygens (including phenoxy) is 2. The molecule has 0 spiro atoms. The molecule has 0 saturated carbocycles. The molecule has 0 unspecified atom stereocenters. The number of morpholine rings is 1. The Morgan fingerprint density at radius 1 is 1.57 bits per heavy atom. The highest BCUT2D eigenvalue weighted by Gasteiger charge is 2.21. The SMILES string of the molecule is [2H]C1([2H])CN(c2nsnc2OC[C@@H](O)CNC(C)(C([2H])([2H])[2H])C([2H])([2H])[2H])CC([2H])([2H])O1. The maximum Gasteiger partial charge on any atom is 0.270 e. The Morgan fingerprint density at radius 2 is 2.33 bits per heavy atom. The molecule has 0 aromatic carbocycles. The fourth-order valence-corrected chi connectivity index (χ4v) is 2.01. The molecule has 21 heavy (non-hydrogen) atoms. The zero-order valence-electron chi connectivity index (χ0n) is 21.4. The van der Waals surface area contributed by atoms with Crippen molar-refractivity contribution in [1.29, 1.82) is 0 Å². The van der Waals surface area contributed by atoms with Crippen molar-refractivity contribution in [3.63, 3.8) is 0 Å². The quantitative estimate of drug-likeness (QED) is 0.788. The van der Waals surface area contributed by atoms with Crippen LogP contribution in [0.5, 0.6) is 5.88 Å². The maximum atomic E-state index is 10.2. The van der Waals surface area contributed by atoms with Crippen molar-refractivity contribution in [1.82, 2.24) is 14.1 Å². The lowest BCUT2D eigenvalue weighted by molar-refractivity contribution is 0.0975. The molecule has 0 aliphatic carbocycles. The number of nitrogens with one attached hydrogen (secondary N) is 1. The number of nitrogens with zero attached hydrogens (tertiary/aromatic N) is 3. The van der Waals surface area contributed by atoms with E-state index in [1.165, 1.54) is 4.90 Å². The molecule has 7 nitrogen and oxygen atoms in total. The van der Waals surface area contributed by atoms with E-state index < -0.39 is 51.6 Å². The van der Waals surface area contributed by atoms with Gasteiger partial charge in [0.1, 0.15) is 12.7 Å². The molecule has 0 radical (unpaired) electrons. The van der Waals surface area contributed by atoms with Crippen LogP contribution < -0.4 is 15.0 Å². The van der Waals surface area contributed by atoms with E-state index in [1.807, 2.05) is 0 Å². The molecule has 2 heterocycles. The zero-order valence-corrected chi connectivity index (χ0v) is 12.2. The Labute approximate surface area is 143 Å². The van der Waals surface area contributed by atoms with E-state index in [4.69, 9.17) is 23.2 Å². The molecule has 2 rings (SSSR count). The van der Waals surface area contributed by atoms with E-state index in [2.05, 4.69) is 14.1 Å². The first kappa shape index (κ1) is 7.54. The van der Waals surface area contributed by atoms with Gasteiger partial charge in [0, 0.05) is 33.4 Å². The third kappa shape index (κ3) is 5.39. The number of aliphatic hydroxyl groups excluding tert-OH is 1. The third-order valence-electron chi connectivity index (χ3n) is 2.50. The van der Waals surface area contributed by atoms with Crippen LogP contribution in [0.1, 0.15) is 34.3 Å². The fraction of sp³-hybridized carbons (Fsp3) is 0.846. The van der Waals surface area contributed by atoms with Crippen molar-refractivity contribution in [3.05, 3.63) is 0 Å². The molecular weight excluding hydrogens is 292 g/mol. The Kier molecular flexibility index (Phi) is 2.64. The minimum absolute atomic E-state index is 0.0658. The number of anilines is 1. The number of β-amino-alcohol motifs (C(OH)–C–C–N with tert-alkyl or cyclic N) is 1. The summed E-state index contributed by atoms with van der Waals surface area (Å²) in [5, 5.41) is 12.5. The van der Waals surface area contributed by atoms with Crippen molar-refractivity contribution in [2.45, 2.75) is 32.3 Å². The number of aliphatic hydroxyl groups is 1. The van der Waals surface area contributed by atoms with Crippen LogP contribution in [0.2, 0.25) is 0 Å². The molecule has 1 aromatic heterocycles. The topological polar surface area (TPSA) is 79.7 Å². The monoisotopic (exact) mass is 326 g/mol. The zero-order chi connectivity index (χ0) is 23.9. The van der Waals surface area contributed by atoms with Gasteiger partial charge in [0.2, 0.25) is 5.82 Å². The van der Waals surface area contributed by atoms with Crippen LogP contribution in [-0.4, -0.2) is 64.9 Å². The van der Waals surface area contributed by atoms with Crippen molar-refractivity contribution in [2.24, 2.45) is 0 Å². The Hall–Kier alpha value is -0.960. The first-order chi connectivity index (χ1) is 13.9. The van der Waals surface area contributed by atoms with Crippen LogP contribution in [0.3, 0.4) is 0 Å². The number of aromatic nitrogens is 2. The van der Waals surface area contributed by atoms with Gasteiger partial charge in [-0.15, -0.1) is 4.37 Å². The number of hydrogen-bond donors (Lipinski definition) is 2.